The summed E-state index contributed by atoms with van der Waals surface area (Å²) in [6.07, 6.45) is 1.80. The molecule has 0 aliphatic heterocycles. The van der Waals surface area contributed by atoms with Gasteiger partial charge in [-0.05, 0) is 20.3 Å². The number of fused-ring (bicyclic) bond motifs is 1. The zero-order valence-corrected chi connectivity index (χ0v) is 11.0. The summed E-state index contributed by atoms with van der Waals surface area (Å²) in [6, 6.07) is 0. The first-order valence-corrected chi connectivity index (χ1v) is 6.01. The van der Waals surface area contributed by atoms with Gasteiger partial charge in [-0.2, -0.15) is 5.10 Å². The molecule has 0 aromatic carbocycles. The topological polar surface area (TPSA) is 30.2 Å². The van der Waals surface area contributed by atoms with E-state index in [1.54, 1.807) is 4.52 Å². The summed E-state index contributed by atoms with van der Waals surface area (Å²) in [5.74, 6) is 0. The van der Waals surface area contributed by atoms with E-state index >= 15 is 0 Å². The Morgan fingerprint density at radius 1 is 1.25 bits per heavy atom. The number of aryl methyl sites for hydroxylation is 2. The first-order valence-electron chi connectivity index (χ1n) is 5.26. The van der Waals surface area contributed by atoms with Crippen molar-refractivity contribution in [3.63, 3.8) is 0 Å². The zero-order valence-electron chi connectivity index (χ0n) is 9.51. The summed E-state index contributed by atoms with van der Waals surface area (Å²) >= 11 is 12.4. The summed E-state index contributed by atoms with van der Waals surface area (Å²) in [5, 5.41) is 5.43. The SMILES string of the molecule is CCCc1c(Cl)nc2c(C)c(C)nn2c1Cl. The van der Waals surface area contributed by atoms with Crippen LogP contribution in [-0.2, 0) is 6.42 Å². The van der Waals surface area contributed by atoms with Crippen LogP contribution in [0, 0.1) is 13.8 Å². The standard InChI is InChI=1S/C11H13Cl2N3/c1-4-5-8-9(12)14-11-6(2)7(3)15-16(11)10(8)13/h4-5H2,1-3H3. The van der Waals surface area contributed by atoms with Gasteiger partial charge in [0.05, 0.1) is 5.69 Å². The second-order valence-electron chi connectivity index (χ2n) is 3.87. The number of halogens is 2. The summed E-state index contributed by atoms with van der Waals surface area (Å²) in [7, 11) is 0. The minimum absolute atomic E-state index is 0.488. The van der Waals surface area contributed by atoms with Crippen molar-refractivity contribution in [1.82, 2.24) is 14.6 Å². The lowest BCUT2D eigenvalue weighted by molar-refractivity contribution is 0.858. The fraction of sp³-hybridized carbons (Fsp3) is 0.455. The minimum Gasteiger partial charge on any atom is -0.216 e. The van der Waals surface area contributed by atoms with Crippen LogP contribution in [0.15, 0.2) is 0 Å². The van der Waals surface area contributed by atoms with Crippen molar-refractivity contribution in [3.05, 3.63) is 27.1 Å². The maximum absolute atomic E-state index is 6.29. The van der Waals surface area contributed by atoms with Gasteiger partial charge in [-0.25, -0.2) is 9.50 Å². The molecule has 16 heavy (non-hydrogen) atoms. The molecule has 0 spiro atoms. The predicted octanol–water partition coefficient (Wildman–Crippen LogP) is 3.61. The van der Waals surface area contributed by atoms with Crippen molar-refractivity contribution in [2.24, 2.45) is 0 Å². The minimum atomic E-state index is 0.488. The molecule has 2 aromatic heterocycles. The Morgan fingerprint density at radius 3 is 2.56 bits per heavy atom. The maximum atomic E-state index is 6.29. The highest BCUT2D eigenvalue weighted by Gasteiger charge is 2.15. The third kappa shape index (κ3) is 1.68. The van der Waals surface area contributed by atoms with Crippen LogP contribution in [0.5, 0.6) is 0 Å². The molecule has 2 rings (SSSR count). The predicted molar refractivity (Wildman–Crippen MR) is 66.5 cm³/mol. The van der Waals surface area contributed by atoms with Crippen molar-refractivity contribution in [3.8, 4) is 0 Å². The van der Waals surface area contributed by atoms with Gasteiger partial charge in [-0.3, -0.25) is 0 Å². The first-order chi connectivity index (χ1) is 7.56. The van der Waals surface area contributed by atoms with Crippen LogP contribution in [0.2, 0.25) is 10.3 Å². The second kappa shape index (κ2) is 4.22. The van der Waals surface area contributed by atoms with Gasteiger partial charge in [0.15, 0.2) is 5.65 Å². The van der Waals surface area contributed by atoms with Gasteiger partial charge < -0.3 is 0 Å². The van der Waals surface area contributed by atoms with E-state index in [0.717, 1.165) is 35.3 Å². The van der Waals surface area contributed by atoms with Gasteiger partial charge in [-0.15, -0.1) is 0 Å². The van der Waals surface area contributed by atoms with E-state index in [1.807, 2.05) is 13.8 Å². The van der Waals surface area contributed by atoms with E-state index in [1.165, 1.54) is 0 Å². The van der Waals surface area contributed by atoms with Gasteiger partial charge in [0.25, 0.3) is 0 Å². The van der Waals surface area contributed by atoms with E-state index in [0.29, 0.717) is 10.3 Å². The van der Waals surface area contributed by atoms with E-state index in [2.05, 4.69) is 17.0 Å². The highest BCUT2D eigenvalue weighted by molar-refractivity contribution is 6.34. The summed E-state index contributed by atoms with van der Waals surface area (Å²) in [5.41, 5.74) is 3.57. The van der Waals surface area contributed by atoms with Crippen molar-refractivity contribution in [2.75, 3.05) is 0 Å². The molecule has 0 amide bonds. The number of nitrogens with zero attached hydrogens (tertiary/aromatic N) is 3. The van der Waals surface area contributed by atoms with E-state index in [4.69, 9.17) is 23.2 Å². The van der Waals surface area contributed by atoms with Crippen LogP contribution in [0.1, 0.15) is 30.2 Å². The molecule has 0 atom stereocenters. The number of hydrogen-bond acceptors (Lipinski definition) is 2. The Kier molecular flexibility index (Phi) is 3.08. The Hall–Kier alpha value is -0.800. The second-order valence-corrected chi connectivity index (χ2v) is 4.58. The van der Waals surface area contributed by atoms with Gasteiger partial charge in [0.1, 0.15) is 10.3 Å². The van der Waals surface area contributed by atoms with E-state index in [9.17, 15) is 0 Å². The molecule has 5 heteroatoms. The number of aromatic nitrogens is 3. The molecular weight excluding hydrogens is 245 g/mol. The van der Waals surface area contributed by atoms with Crippen LogP contribution < -0.4 is 0 Å². The molecule has 0 fully saturated rings. The normalized spacial score (nSPS) is 11.3. The first kappa shape index (κ1) is 11.7. The molecule has 0 bridgehead atoms. The molecule has 2 heterocycles. The smallest absolute Gasteiger partial charge is 0.161 e. The fourth-order valence-electron chi connectivity index (χ4n) is 1.69. The average Bonchev–Trinajstić information content (AvgIpc) is 2.52. The Balaban J connectivity index is 2.78. The van der Waals surface area contributed by atoms with Gasteiger partial charge in [0.2, 0.25) is 0 Å². The molecule has 3 nitrogen and oxygen atoms in total. The van der Waals surface area contributed by atoms with Crippen molar-refractivity contribution < 1.29 is 0 Å². The van der Waals surface area contributed by atoms with Crippen LogP contribution in [0.4, 0.5) is 0 Å². The Morgan fingerprint density at radius 2 is 1.94 bits per heavy atom. The van der Waals surface area contributed by atoms with Crippen molar-refractivity contribution in [2.45, 2.75) is 33.6 Å². The molecule has 0 aliphatic carbocycles. The van der Waals surface area contributed by atoms with E-state index < -0.39 is 0 Å². The molecule has 0 saturated carbocycles. The van der Waals surface area contributed by atoms with Crippen LogP contribution in [0.25, 0.3) is 5.65 Å². The lowest BCUT2D eigenvalue weighted by Crippen LogP contribution is -2.00. The monoisotopic (exact) mass is 257 g/mol. The van der Waals surface area contributed by atoms with Crippen LogP contribution in [0.3, 0.4) is 0 Å². The lowest BCUT2D eigenvalue weighted by Gasteiger charge is -2.06. The quantitative estimate of drug-likeness (QED) is 0.770. The third-order valence-corrected chi connectivity index (χ3v) is 3.42. The fourth-order valence-corrected chi connectivity index (χ4v) is 2.31. The molecule has 0 aliphatic rings. The number of hydrogen-bond donors (Lipinski definition) is 0. The summed E-state index contributed by atoms with van der Waals surface area (Å²) < 4.78 is 1.67. The molecule has 0 unspecified atom stereocenters. The number of rotatable bonds is 2. The molecule has 86 valence electrons. The molecule has 2 aromatic rings. The zero-order chi connectivity index (χ0) is 11.9. The van der Waals surface area contributed by atoms with Crippen molar-refractivity contribution >= 4 is 28.8 Å². The third-order valence-electron chi connectivity index (χ3n) is 2.72. The van der Waals surface area contributed by atoms with Crippen molar-refractivity contribution in [1.29, 1.82) is 0 Å². The molecule has 0 N–H and O–H groups in total. The largest absolute Gasteiger partial charge is 0.216 e. The summed E-state index contributed by atoms with van der Waals surface area (Å²) in [6.45, 7) is 5.99. The Bertz CT molecular complexity index is 546. The van der Waals surface area contributed by atoms with Gasteiger partial charge in [-0.1, -0.05) is 36.5 Å². The van der Waals surface area contributed by atoms with Crippen LogP contribution in [-0.4, -0.2) is 14.6 Å². The van der Waals surface area contributed by atoms with Gasteiger partial charge >= 0.3 is 0 Å². The van der Waals surface area contributed by atoms with Gasteiger partial charge in [0, 0.05) is 11.1 Å². The molecule has 0 radical (unpaired) electrons. The summed E-state index contributed by atoms with van der Waals surface area (Å²) in [4.78, 5) is 4.36. The highest BCUT2D eigenvalue weighted by Crippen LogP contribution is 2.27. The van der Waals surface area contributed by atoms with E-state index in [-0.39, 0.29) is 0 Å². The molecule has 0 saturated heterocycles. The van der Waals surface area contributed by atoms with Crippen LogP contribution >= 0.6 is 23.2 Å². The highest BCUT2D eigenvalue weighted by atomic mass is 35.5. The lowest BCUT2D eigenvalue weighted by atomic mass is 10.2. The Labute approximate surface area is 104 Å². The molecular formula is C11H13Cl2N3. The average molecular weight is 258 g/mol. The maximum Gasteiger partial charge on any atom is 0.161 e.